The molecule has 2 fully saturated rings. The zero-order chi connectivity index (χ0) is 25.5. The number of thiophene rings is 1. The average molecular weight is 516 g/mol. The lowest BCUT2D eigenvalue weighted by atomic mass is 9.97. The molecule has 3 aliphatic heterocycles. The highest BCUT2D eigenvalue weighted by molar-refractivity contribution is 7.10. The first kappa shape index (κ1) is 23.8. The normalized spacial score (nSPS) is 21.7. The van der Waals surface area contributed by atoms with Crippen LogP contribution in [-0.4, -0.2) is 61.5 Å². The zero-order valence-corrected chi connectivity index (χ0v) is 21.5. The Morgan fingerprint density at radius 1 is 1.00 bits per heavy atom. The minimum atomic E-state index is -0.693. The van der Waals surface area contributed by atoms with E-state index in [1.165, 1.54) is 16.2 Å². The molecule has 7 nitrogen and oxygen atoms in total. The van der Waals surface area contributed by atoms with Crippen molar-refractivity contribution in [2.24, 2.45) is 0 Å². The Labute approximate surface area is 220 Å². The molecule has 0 bridgehead atoms. The molecule has 0 saturated carbocycles. The van der Waals surface area contributed by atoms with E-state index < -0.39 is 17.7 Å². The molecule has 1 amide bonds. The van der Waals surface area contributed by atoms with Crippen LogP contribution in [0, 0.1) is 0 Å². The molecule has 2 aromatic carbocycles. The summed E-state index contributed by atoms with van der Waals surface area (Å²) in [5.74, 6) is -0.651. The van der Waals surface area contributed by atoms with Crippen molar-refractivity contribution in [1.29, 1.82) is 0 Å². The Kier molecular flexibility index (Phi) is 6.22. The van der Waals surface area contributed by atoms with E-state index in [2.05, 4.69) is 16.8 Å². The maximum atomic E-state index is 13.4. The number of hydrogen-bond acceptors (Lipinski definition) is 7. The van der Waals surface area contributed by atoms with E-state index >= 15 is 0 Å². The molecule has 0 aliphatic carbocycles. The topological polar surface area (TPSA) is 73.3 Å². The third-order valence-corrected chi connectivity index (χ3v) is 8.36. The monoisotopic (exact) mass is 515 g/mol. The molecule has 1 unspecified atom stereocenters. The number of likely N-dealkylation sites (N-methyl/N-ethyl adjacent to an activating group) is 1. The molecule has 3 aliphatic rings. The van der Waals surface area contributed by atoms with Crippen molar-refractivity contribution in [3.63, 3.8) is 0 Å². The zero-order valence-electron chi connectivity index (χ0n) is 20.7. The van der Waals surface area contributed by atoms with Crippen molar-refractivity contribution in [2.75, 3.05) is 49.6 Å². The number of aryl methyl sites for hydroxylation is 1. The van der Waals surface area contributed by atoms with Gasteiger partial charge in [-0.15, -0.1) is 11.3 Å². The summed E-state index contributed by atoms with van der Waals surface area (Å²) in [6.07, 6.45) is 1.75. The Morgan fingerprint density at radius 2 is 1.76 bits per heavy atom. The summed E-state index contributed by atoms with van der Waals surface area (Å²) in [7, 11) is 2.12. The second-order valence-electron chi connectivity index (χ2n) is 9.77. The lowest BCUT2D eigenvalue weighted by molar-refractivity contribution is -0.132. The number of carbonyl (C=O) groups excluding carboxylic acids is 2. The van der Waals surface area contributed by atoms with Gasteiger partial charge in [-0.1, -0.05) is 6.07 Å². The van der Waals surface area contributed by atoms with Crippen LogP contribution in [0.2, 0.25) is 0 Å². The summed E-state index contributed by atoms with van der Waals surface area (Å²) in [4.78, 5) is 33.8. The molecular formula is C29H29N3O4S. The first-order chi connectivity index (χ1) is 18.0. The van der Waals surface area contributed by atoms with Gasteiger partial charge in [0.05, 0.1) is 12.2 Å². The third kappa shape index (κ3) is 4.30. The summed E-state index contributed by atoms with van der Waals surface area (Å²) in [6, 6.07) is 16.4. The second kappa shape index (κ2) is 9.68. The Balaban J connectivity index is 1.39. The molecule has 190 valence electrons. The van der Waals surface area contributed by atoms with Crippen molar-refractivity contribution < 1.29 is 19.4 Å². The molecule has 3 aromatic rings. The van der Waals surface area contributed by atoms with Gasteiger partial charge in [0, 0.05) is 48.0 Å². The fourth-order valence-corrected chi connectivity index (χ4v) is 6.19. The molecule has 2 saturated heterocycles. The summed E-state index contributed by atoms with van der Waals surface area (Å²) in [6.45, 7) is 4.57. The van der Waals surface area contributed by atoms with Gasteiger partial charge < -0.3 is 19.6 Å². The van der Waals surface area contributed by atoms with Gasteiger partial charge in [-0.25, -0.2) is 0 Å². The van der Waals surface area contributed by atoms with Crippen LogP contribution in [0.15, 0.2) is 65.6 Å². The number of anilines is 2. The molecule has 4 heterocycles. The van der Waals surface area contributed by atoms with Crippen molar-refractivity contribution in [1.82, 2.24) is 4.90 Å². The quantitative estimate of drug-likeness (QED) is 0.314. The Bertz CT molecular complexity index is 1360. The summed E-state index contributed by atoms with van der Waals surface area (Å²) >= 11 is 1.46. The number of fused-ring (bicyclic) bond motifs is 1. The van der Waals surface area contributed by atoms with Gasteiger partial charge in [-0.3, -0.25) is 14.5 Å². The minimum absolute atomic E-state index is 0.118. The van der Waals surface area contributed by atoms with Gasteiger partial charge in [0.15, 0.2) is 0 Å². The fourth-order valence-electron chi connectivity index (χ4n) is 5.37. The summed E-state index contributed by atoms with van der Waals surface area (Å²) in [5.41, 5.74) is 3.37. The number of rotatable bonds is 4. The number of Topliss-reactive ketones (excluding diaryl/α,β-unsaturated/α-hetero) is 1. The first-order valence-electron chi connectivity index (χ1n) is 12.7. The molecule has 0 spiro atoms. The number of carbonyl (C=O) groups is 2. The van der Waals surface area contributed by atoms with Crippen LogP contribution in [0.5, 0.6) is 5.75 Å². The molecule has 37 heavy (non-hydrogen) atoms. The van der Waals surface area contributed by atoms with Crippen LogP contribution < -0.4 is 14.5 Å². The van der Waals surface area contributed by atoms with Crippen LogP contribution in [-0.2, 0) is 16.0 Å². The molecule has 0 radical (unpaired) electrons. The average Bonchev–Trinajstić information content (AvgIpc) is 3.55. The standard InChI is InChI=1S/C29H29N3O4S/c1-30-12-14-31(15-13-30)21-7-9-22(10-8-21)32-26(24-5-3-17-37-24)25(28(34)29(32)35)27(33)20-6-11-23-19(18-20)4-2-16-36-23/h3,5-11,17-18,26,33H,2,4,12-16H2,1H3/b27-25-. The SMILES string of the molecule is CN1CCN(c2ccc(N3C(=O)C(=O)/C(=C(\O)c4ccc5c(c4)CCCO5)C3c3cccs3)cc2)CC1. The lowest BCUT2D eigenvalue weighted by Gasteiger charge is -2.34. The number of ether oxygens (including phenoxy) is 1. The molecule has 1 atom stereocenters. The van der Waals surface area contributed by atoms with E-state index in [1.54, 1.807) is 6.07 Å². The number of hydrogen-bond donors (Lipinski definition) is 1. The van der Waals surface area contributed by atoms with Gasteiger partial charge in [-0.2, -0.15) is 0 Å². The van der Waals surface area contributed by atoms with Crippen molar-refractivity contribution in [3.05, 3.63) is 81.6 Å². The number of amides is 1. The number of nitrogens with zero attached hydrogens (tertiary/aromatic N) is 3. The number of aliphatic hydroxyl groups is 1. The maximum Gasteiger partial charge on any atom is 0.300 e. The predicted molar refractivity (Wildman–Crippen MR) is 146 cm³/mol. The van der Waals surface area contributed by atoms with Gasteiger partial charge >= 0.3 is 0 Å². The van der Waals surface area contributed by atoms with Crippen LogP contribution in [0.3, 0.4) is 0 Å². The van der Waals surface area contributed by atoms with Crippen LogP contribution >= 0.6 is 11.3 Å². The van der Waals surface area contributed by atoms with Gasteiger partial charge in [0.25, 0.3) is 11.7 Å². The van der Waals surface area contributed by atoms with E-state index in [4.69, 9.17) is 4.74 Å². The number of aliphatic hydroxyl groups excluding tert-OH is 1. The summed E-state index contributed by atoms with van der Waals surface area (Å²) in [5, 5.41) is 13.3. The largest absolute Gasteiger partial charge is 0.507 e. The van der Waals surface area contributed by atoms with Crippen LogP contribution in [0.4, 0.5) is 11.4 Å². The van der Waals surface area contributed by atoms with Gasteiger partial charge in [0.2, 0.25) is 0 Å². The molecule has 6 rings (SSSR count). The van der Waals surface area contributed by atoms with Gasteiger partial charge in [0.1, 0.15) is 17.6 Å². The summed E-state index contributed by atoms with van der Waals surface area (Å²) < 4.78 is 5.70. The number of benzene rings is 2. The molecular weight excluding hydrogens is 486 g/mol. The highest BCUT2D eigenvalue weighted by atomic mass is 32.1. The first-order valence-corrected chi connectivity index (χ1v) is 13.5. The molecule has 8 heteroatoms. The second-order valence-corrected chi connectivity index (χ2v) is 10.7. The van der Waals surface area contributed by atoms with E-state index in [0.29, 0.717) is 17.9 Å². The fraction of sp³-hybridized carbons (Fsp3) is 0.310. The smallest absolute Gasteiger partial charge is 0.300 e. The Hall–Kier alpha value is -3.62. The van der Waals surface area contributed by atoms with Crippen molar-refractivity contribution in [2.45, 2.75) is 18.9 Å². The third-order valence-electron chi connectivity index (χ3n) is 7.44. The molecule has 1 aromatic heterocycles. The van der Waals surface area contributed by atoms with E-state index in [9.17, 15) is 14.7 Å². The van der Waals surface area contributed by atoms with E-state index in [0.717, 1.165) is 60.9 Å². The highest BCUT2D eigenvalue weighted by Gasteiger charge is 2.47. The minimum Gasteiger partial charge on any atom is -0.507 e. The van der Waals surface area contributed by atoms with E-state index in [1.807, 2.05) is 53.9 Å². The van der Waals surface area contributed by atoms with Crippen molar-refractivity contribution >= 4 is 40.2 Å². The number of ketones is 1. The molecule has 1 N–H and O–H groups in total. The van der Waals surface area contributed by atoms with Crippen molar-refractivity contribution in [3.8, 4) is 5.75 Å². The van der Waals surface area contributed by atoms with Crippen LogP contribution in [0.1, 0.15) is 28.5 Å². The maximum absolute atomic E-state index is 13.4. The Morgan fingerprint density at radius 3 is 2.49 bits per heavy atom. The predicted octanol–water partition coefficient (Wildman–Crippen LogP) is 4.45. The lowest BCUT2D eigenvalue weighted by Crippen LogP contribution is -2.44. The van der Waals surface area contributed by atoms with Gasteiger partial charge in [-0.05, 0) is 79.4 Å². The number of piperazine rings is 1. The van der Waals surface area contributed by atoms with E-state index in [-0.39, 0.29) is 11.3 Å². The highest BCUT2D eigenvalue weighted by Crippen LogP contribution is 2.44. The van der Waals surface area contributed by atoms with Crippen LogP contribution in [0.25, 0.3) is 5.76 Å².